The van der Waals surface area contributed by atoms with Crippen molar-refractivity contribution in [1.29, 1.82) is 0 Å². The largest absolute Gasteiger partial charge is 0.491 e. The fraction of sp³-hybridized carbons (Fsp3) is 0.514. The lowest BCUT2D eigenvalue weighted by molar-refractivity contribution is -0.134. The number of carbonyl (C=O) groups is 5. The molecule has 5 rings (SSSR count). The monoisotopic (exact) mass is 631 g/mol. The maximum Gasteiger partial charge on any atom is 0.255 e. The van der Waals surface area contributed by atoms with Crippen molar-refractivity contribution in [2.24, 2.45) is 5.92 Å². The molecule has 46 heavy (non-hydrogen) atoms. The van der Waals surface area contributed by atoms with Gasteiger partial charge in [0.2, 0.25) is 23.6 Å². The minimum absolute atomic E-state index is 0.0355. The number of amides is 5. The Hall–Kier alpha value is -4.41. The van der Waals surface area contributed by atoms with Crippen LogP contribution in [-0.2, 0) is 32.3 Å². The van der Waals surface area contributed by atoms with E-state index in [0.29, 0.717) is 31.6 Å². The molecule has 2 fully saturated rings. The second kappa shape index (κ2) is 14.8. The highest BCUT2D eigenvalue weighted by Gasteiger charge is 2.43. The van der Waals surface area contributed by atoms with E-state index in [1.807, 2.05) is 43.0 Å². The third kappa shape index (κ3) is 8.05. The van der Waals surface area contributed by atoms with Gasteiger partial charge in [-0.25, -0.2) is 0 Å². The smallest absolute Gasteiger partial charge is 0.255 e. The summed E-state index contributed by atoms with van der Waals surface area (Å²) in [6.45, 7) is 5.65. The Kier molecular flexibility index (Phi) is 10.6. The first kappa shape index (κ1) is 33.0. The summed E-state index contributed by atoms with van der Waals surface area (Å²) in [6, 6.07) is 13.1. The lowest BCUT2D eigenvalue weighted by atomic mass is 9.94. The highest BCUT2D eigenvalue weighted by Crippen LogP contribution is 2.31. The van der Waals surface area contributed by atoms with Crippen LogP contribution in [0.3, 0.4) is 0 Å². The number of carbonyl (C=O) groups excluding carboxylic acids is 5. The Morgan fingerprint density at radius 3 is 2.37 bits per heavy atom. The van der Waals surface area contributed by atoms with Gasteiger partial charge in [-0.05, 0) is 54.9 Å². The molecule has 246 valence electrons. The first-order valence-corrected chi connectivity index (χ1v) is 16.4. The molecule has 1 saturated carbocycles. The number of likely N-dealkylation sites (tertiary alicyclic amines) is 1. The maximum atomic E-state index is 13.6. The normalized spacial score (nSPS) is 22.3. The quantitative estimate of drug-likeness (QED) is 0.386. The van der Waals surface area contributed by atoms with Crippen LogP contribution in [0.1, 0.15) is 86.7 Å². The van der Waals surface area contributed by atoms with Gasteiger partial charge in [0.15, 0.2) is 0 Å². The second-order valence-corrected chi connectivity index (χ2v) is 13.0. The zero-order valence-corrected chi connectivity index (χ0v) is 26.7. The fourth-order valence-corrected chi connectivity index (χ4v) is 6.33. The van der Waals surface area contributed by atoms with Gasteiger partial charge in [0.1, 0.15) is 23.9 Å². The molecule has 3 aliphatic rings. The zero-order chi connectivity index (χ0) is 32.7. The number of nitrogens with one attached hydrogen (secondary N) is 4. The third-order valence-electron chi connectivity index (χ3n) is 9.26. The van der Waals surface area contributed by atoms with Crippen LogP contribution in [0.4, 0.5) is 0 Å². The molecule has 4 N–H and O–H groups in total. The van der Waals surface area contributed by atoms with Crippen LogP contribution < -0.4 is 26.0 Å². The molecule has 2 aliphatic heterocycles. The van der Waals surface area contributed by atoms with E-state index in [-0.39, 0.29) is 61.2 Å². The third-order valence-corrected chi connectivity index (χ3v) is 9.26. The molecule has 11 heteroatoms. The van der Waals surface area contributed by atoms with E-state index in [4.69, 9.17) is 4.74 Å². The van der Waals surface area contributed by atoms with Crippen LogP contribution in [0.2, 0.25) is 0 Å². The summed E-state index contributed by atoms with van der Waals surface area (Å²) >= 11 is 0. The summed E-state index contributed by atoms with van der Waals surface area (Å²) < 4.78 is 6.10. The van der Waals surface area contributed by atoms with Crippen molar-refractivity contribution in [2.45, 2.75) is 95.9 Å². The SMILES string of the molecule is CC(C)[C@H]1COc2ccccc2C(=O)N[C@H](C(=O)NCc2ccc(CN3CCCC3=O)cc2)CCC(=O)NC2(CCCC2)C(=O)N1. The van der Waals surface area contributed by atoms with Gasteiger partial charge in [-0.15, -0.1) is 0 Å². The lowest BCUT2D eigenvalue weighted by Crippen LogP contribution is -2.60. The second-order valence-electron chi connectivity index (χ2n) is 13.0. The molecule has 0 aromatic heterocycles. The number of nitrogens with zero attached hydrogens (tertiary/aromatic N) is 1. The molecule has 0 radical (unpaired) electrons. The average Bonchev–Trinajstić information content (AvgIpc) is 3.69. The topological polar surface area (TPSA) is 146 Å². The number of hydrogen-bond donors (Lipinski definition) is 4. The van der Waals surface area contributed by atoms with Crippen LogP contribution in [0.5, 0.6) is 5.75 Å². The molecule has 1 aliphatic carbocycles. The molecule has 0 unspecified atom stereocenters. The molecular weight excluding hydrogens is 586 g/mol. The van der Waals surface area contributed by atoms with E-state index in [9.17, 15) is 24.0 Å². The Labute approximate surface area is 270 Å². The number of hydrogen-bond acceptors (Lipinski definition) is 6. The van der Waals surface area contributed by atoms with Gasteiger partial charge >= 0.3 is 0 Å². The van der Waals surface area contributed by atoms with Gasteiger partial charge in [-0.2, -0.15) is 0 Å². The molecule has 1 saturated heterocycles. The zero-order valence-electron chi connectivity index (χ0n) is 26.7. The van der Waals surface area contributed by atoms with Crippen LogP contribution in [-0.4, -0.2) is 65.2 Å². The standard InChI is InChI=1S/C35H45N5O6/c1-23(2)28-22-46-29-9-4-3-8-26(29)32(43)37-27(15-16-30(41)39-35(34(45)38-28)17-5-6-18-35)33(44)36-20-24-11-13-25(14-12-24)21-40-19-7-10-31(40)42/h3-4,8-9,11-14,23,27-28H,5-7,10,15-22H2,1-2H3,(H,36,44)(H,37,43)(H,38,45)(H,39,41)/t27-,28+/m0/s1. The first-order valence-electron chi connectivity index (χ1n) is 16.4. The van der Waals surface area contributed by atoms with Crippen LogP contribution in [0, 0.1) is 5.92 Å². The van der Waals surface area contributed by atoms with E-state index < -0.39 is 23.4 Å². The van der Waals surface area contributed by atoms with E-state index >= 15 is 0 Å². The molecule has 1 spiro atoms. The van der Waals surface area contributed by atoms with Crippen molar-refractivity contribution in [3.63, 3.8) is 0 Å². The first-order chi connectivity index (χ1) is 22.1. The van der Waals surface area contributed by atoms with Gasteiger partial charge in [-0.1, -0.05) is 63.1 Å². The Bertz CT molecular complexity index is 1440. The van der Waals surface area contributed by atoms with Crippen molar-refractivity contribution in [3.05, 3.63) is 65.2 Å². The van der Waals surface area contributed by atoms with Crippen molar-refractivity contribution < 1.29 is 28.7 Å². The molecule has 2 heterocycles. The fourth-order valence-electron chi connectivity index (χ4n) is 6.33. The van der Waals surface area contributed by atoms with E-state index in [0.717, 1.165) is 36.9 Å². The van der Waals surface area contributed by atoms with Crippen LogP contribution in [0.25, 0.3) is 0 Å². The summed E-state index contributed by atoms with van der Waals surface area (Å²) in [5.74, 6) is -0.952. The predicted molar refractivity (Wildman–Crippen MR) is 171 cm³/mol. The van der Waals surface area contributed by atoms with E-state index in [1.54, 1.807) is 24.3 Å². The number of para-hydroxylation sites is 1. The number of benzene rings is 2. The minimum Gasteiger partial charge on any atom is -0.491 e. The molecule has 11 nitrogen and oxygen atoms in total. The highest BCUT2D eigenvalue weighted by atomic mass is 16.5. The van der Waals surface area contributed by atoms with Crippen molar-refractivity contribution in [3.8, 4) is 5.75 Å². The minimum atomic E-state index is -1.02. The van der Waals surface area contributed by atoms with Gasteiger partial charge in [0, 0.05) is 32.5 Å². The number of fused-ring (bicyclic) bond motifs is 1. The van der Waals surface area contributed by atoms with Gasteiger partial charge in [-0.3, -0.25) is 24.0 Å². The maximum absolute atomic E-state index is 13.6. The van der Waals surface area contributed by atoms with Crippen LogP contribution in [0.15, 0.2) is 48.5 Å². The van der Waals surface area contributed by atoms with E-state index in [2.05, 4.69) is 21.3 Å². The lowest BCUT2D eigenvalue weighted by Gasteiger charge is -2.32. The van der Waals surface area contributed by atoms with Crippen molar-refractivity contribution >= 4 is 29.5 Å². The predicted octanol–water partition coefficient (Wildman–Crippen LogP) is 2.97. The molecule has 0 bridgehead atoms. The van der Waals surface area contributed by atoms with Gasteiger partial charge in [0.05, 0.1) is 11.6 Å². The average molecular weight is 632 g/mol. The Morgan fingerprint density at radius 1 is 0.957 bits per heavy atom. The van der Waals surface area contributed by atoms with Gasteiger partial charge in [0.25, 0.3) is 5.91 Å². The number of rotatable bonds is 6. The summed E-state index contributed by atoms with van der Waals surface area (Å²) in [5.41, 5.74) is 1.11. The van der Waals surface area contributed by atoms with Crippen molar-refractivity contribution in [2.75, 3.05) is 13.2 Å². The van der Waals surface area contributed by atoms with E-state index in [1.165, 1.54) is 0 Å². The summed E-state index contributed by atoms with van der Waals surface area (Å²) in [6.07, 6.45) is 4.18. The molecule has 2 atom stereocenters. The molecule has 2 aromatic carbocycles. The Balaban J connectivity index is 1.31. The Morgan fingerprint density at radius 2 is 1.67 bits per heavy atom. The van der Waals surface area contributed by atoms with Crippen LogP contribution >= 0.6 is 0 Å². The number of ether oxygens (including phenoxy) is 1. The summed E-state index contributed by atoms with van der Waals surface area (Å²) in [5, 5.41) is 11.8. The molecule has 2 aromatic rings. The molecular formula is C35H45N5O6. The highest BCUT2D eigenvalue weighted by molar-refractivity contribution is 6.00. The summed E-state index contributed by atoms with van der Waals surface area (Å²) in [7, 11) is 0. The molecule has 5 amide bonds. The van der Waals surface area contributed by atoms with Crippen molar-refractivity contribution in [1.82, 2.24) is 26.2 Å². The van der Waals surface area contributed by atoms with Gasteiger partial charge < -0.3 is 30.9 Å². The summed E-state index contributed by atoms with van der Waals surface area (Å²) in [4.78, 5) is 67.7.